The maximum atomic E-state index is 12.7. The van der Waals surface area contributed by atoms with Crippen LogP contribution in [0.3, 0.4) is 0 Å². The summed E-state index contributed by atoms with van der Waals surface area (Å²) in [6.07, 6.45) is 4.17. The Kier molecular flexibility index (Phi) is 4.50. The number of hydrogen-bond acceptors (Lipinski definition) is 2. The van der Waals surface area contributed by atoms with Gasteiger partial charge < -0.3 is 4.90 Å². The zero-order valence-electron chi connectivity index (χ0n) is 11.9. The van der Waals surface area contributed by atoms with Crippen LogP contribution in [0.25, 0.3) is 0 Å². The van der Waals surface area contributed by atoms with E-state index in [-0.39, 0.29) is 5.91 Å². The van der Waals surface area contributed by atoms with E-state index in [9.17, 15) is 4.79 Å². The van der Waals surface area contributed by atoms with E-state index in [0.29, 0.717) is 11.9 Å². The van der Waals surface area contributed by atoms with Gasteiger partial charge in [-0.2, -0.15) is 5.10 Å². The third-order valence-electron chi connectivity index (χ3n) is 4.03. The summed E-state index contributed by atoms with van der Waals surface area (Å²) >= 11 is 5.76. The summed E-state index contributed by atoms with van der Waals surface area (Å²) in [6, 6.07) is 0.352. The van der Waals surface area contributed by atoms with Gasteiger partial charge in [0.25, 0.3) is 5.91 Å². The Balaban J connectivity index is 2.18. The monoisotopic (exact) mass is 283 g/mol. The predicted octanol–water partition coefficient (Wildman–Crippen LogP) is 2.66. The number of nitrogens with zero attached hydrogens (tertiary/aromatic N) is 3. The molecule has 0 radical (unpaired) electrons. The fourth-order valence-electron chi connectivity index (χ4n) is 2.94. The minimum absolute atomic E-state index is 0.139. The van der Waals surface area contributed by atoms with Crippen LogP contribution in [0, 0.1) is 13.8 Å². The molecule has 5 heteroatoms. The summed E-state index contributed by atoms with van der Waals surface area (Å²) < 4.78 is 1.78. The number of aryl methyl sites for hydroxylation is 2. The summed E-state index contributed by atoms with van der Waals surface area (Å²) in [5.41, 5.74) is 2.55. The van der Waals surface area contributed by atoms with Crippen molar-refractivity contribution in [2.75, 3.05) is 12.4 Å². The van der Waals surface area contributed by atoms with Gasteiger partial charge in [-0.1, -0.05) is 0 Å². The zero-order chi connectivity index (χ0) is 14.0. The highest BCUT2D eigenvalue weighted by molar-refractivity contribution is 6.17. The molecule has 2 heterocycles. The van der Waals surface area contributed by atoms with Crippen molar-refractivity contribution >= 4 is 17.5 Å². The lowest BCUT2D eigenvalue weighted by atomic mass is 10.1. The van der Waals surface area contributed by atoms with Gasteiger partial charge in [0.1, 0.15) is 0 Å². The average Bonchev–Trinajstić information content (AvgIpc) is 2.92. The second-order valence-corrected chi connectivity index (χ2v) is 5.67. The first-order valence-corrected chi connectivity index (χ1v) is 7.46. The molecule has 0 bridgehead atoms. The molecule has 1 aliphatic rings. The fourth-order valence-corrected chi connectivity index (χ4v) is 3.10. The molecule has 106 valence electrons. The molecule has 4 nitrogen and oxygen atoms in total. The number of carbonyl (C=O) groups is 1. The summed E-state index contributed by atoms with van der Waals surface area (Å²) in [7, 11) is 1.88. The van der Waals surface area contributed by atoms with Crippen molar-refractivity contribution < 1.29 is 4.79 Å². The van der Waals surface area contributed by atoms with Crippen molar-refractivity contribution in [2.45, 2.75) is 45.6 Å². The molecule has 19 heavy (non-hydrogen) atoms. The van der Waals surface area contributed by atoms with Crippen LogP contribution in [0.1, 0.15) is 47.4 Å². The predicted molar refractivity (Wildman–Crippen MR) is 76.7 cm³/mol. The number of alkyl halides is 1. The van der Waals surface area contributed by atoms with Crippen molar-refractivity contribution in [3.63, 3.8) is 0 Å². The summed E-state index contributed by atoms with van der Waals surface area (Å²) in [5, 5.41) is 4.34. The Hall–Kier alpha value is -1.03. The number of hydrogen-bond donors (Lipinski definition) is 0. The lowest BCUT2D eigenvalue weighted by molar-refractivity contribution is 0.0728. The van der Waals surface area contributed by atoms with E-state index in [0.717, 1.165) is 49.2 Å². The first-order valence-electron chi connectivity index (χ1n) is 6.93. The summed E-state index contributed by atoms with van der Waals surface area (Å²) in [4.78, 5) is 14.7. The third-order valence-corrected chi connectivity index (χ3v) is 4.30. The molecule has 1 aromatic heterocycles. The molecule has 0 saturated carbocycles. The first kappa shape index (κ1) is 14.4. The Morgan fingerprint density at radius 2 is 2.21 bits per heavy atom. The SMILES string of the molecule is Cc1nn(C)c(C)c1C(=O)N1CCCC1CCCCl. The van der Waals surface area contributed by atoms with Gasteiger partial charge in [0, 0.05) is 31.2 Å². The van der Waals surface area contributed by atoms with Crippen molar-refractivity contribution in [1.29, 1.82) is 0 Å². The van der Waals surface area contributed by atoms with Gasteiger partial charge in [0.15, 0.2) is 0 Å². The largest absolute Gasteiger partial charge is 0.336 e. The topological polar surface area (TPSA) is 38.1 Å². The van der Waals surface area contributed by atoms with Gasteiger partial charge in [0.2, 0.25) is 0 Å². The number of amides is 1. The number of rotatable bonds is 4. The molecule has 2 rings (SSSR count). The van der Waals surface area contributed by atoms with Crippen LogP contribution in [0.5, 0.6) is 0 Å². The fraction of sp³-hybridized carbons (Fsp3) is 0.714. The minimum atomic E-state index is 0.139. The lowest BCUT2D eigenvalue weighted by Crippen LogP contribution is -2.36. The van der Waals surface area contributed by atoms with Gasteiger partial charge in [-0.3, -0.25) is 9.48 Å². The van der Waals surface area contributed by atoms with Crippen LogP contribution in [-0.2, 0) is 7.05 Å². The van der Waals surface area contributed by atoms with Crippen LogP contribution in [0.4, 0.5) is 0 Å². The molecule has 0 spiro atoms. The highest BCUT2D eigenvalue weighted by atomic mass is 35.5. The molecule has 1 saturated heterocycles. The molecule has 1 fully saturated rings. The second-order valence-electron chi connectivity index (χ2n) is 5.30. The van der Waals surface area contributed by atoms with Gasteiger partial charge in [-0.05, 0) is 39.5 Å². The molecular formula is C14H22ClN3O. The Morgan fingerprint density at radius 3 is 2.79 bits per heavy atom. The number of halogens is 1. The Morgan fingerprint density at radius 1 is 1.47 bits per heavy atom. The molecule has 0 N–H and O–H groups in total. The smallest absolute Gasteiger partial charge is 0.257 e. The van der Waals surface area contributed by atoms with Crippen molar-refractivity contribution in [1.82, 2.24) is 14.7 Å². The van der Waals surface area contributed by atoms with Crippen LogP contribution in [0.2, 0.25) is 0 Å². The number of carbonyl (C=O) groups excluding carboxylic acids is 1. The molecule has 1 atom stereocenters. The summed E-state index contributed by atoms with van der Waals surface area (Å²) in [5.74, 6) is 0.809. The van der Waals surface area contributed by atoms with E-state index in [4.69, 9.17) is 11.6 Å². The standard InChI is InChI=1S/C14H22ClN3O/c1-10-13(11(2)17(3)16-10)14(19)18-9-5-7-12(18)6-4-8-15/h12H,4-9H2,1-3H3. The maximum absolute atomic E-state index is 12.7. The highest BCUT2D eigenvalue weighted by Gasteiger charge is 2.31. The van der Waals surface area contributed by atoms with Crippen molar-refractivity contribution in [3.8, 4) is 0 Å². The van der Waals surface area contributed by atoms with E-state index >= 15 is 0 Å². The highest BCUT2D eigenvalue weighted by Crippen LogP contribution is 2.25. The second kappa shape index (κ2) is 5.95. The lowest BCUT2D eigenvalue weighted by Gasteiger charge is -2.24. The first-order chi connectivity index (χ1) is 9.06. The molecule has 0 aromatic carbocycles. The van der Waals surface area contributed by atoms with E-state index in [2.05, 4.69) is 5.10 Å². The zero-order valence-corrected chi connectivity index (χ0v) is 12.7. The van der Waals surface area contributed by atoms with Crippen molar-refractivity contribution in [3.05, 3.63) is 17.0 Å². The van der Waals surface area contributed by atoms with Crippen LogP contribution < -0.4 is 0 Å². The summed E-state index contributed by atoms with van der Waals surface area (Å²) in [6.45, 7) is 4.72. The number of aromatic nitrogens is 2. The van der Waals surface area contributed by atoms with Gasteiger partial charge >= 0.3 is 0 Å². The van der Waals surface area contributed by atoms with Gasteiger partial charge in [-0.15, -0.1) is 11.6 Å². The van der Waals surface area contributed by atoms with Crippen LogP contribution >= 0.6 is 11.6 Å². The Bertz CT molecular complexity index is 470. The molecular weight excluding hydrogens is 262 g/mol. The van der Waals surface area contributed by atoms with E-state index in [1.54, 1.807) is 4.68 Å². The van der Waals surface area contributed by atoms with Crippen LogP contribution in [-0.4, -0.2) is 39.1 Å². The van der Waals surface area contributed by atoms with Gasteiger partial charge in [-0.25, -0.2) is 0 Å². The molecule has 1 amide bonds. The number of likely N-dealkylation sites (tertiary alicyclic amines) is 1. The molecule has 1 unspecified atom stereocenters. The molecule has 1 aliphatic heterocycles. The Labute approximate surface area is 119 Å². The minimum Gasteiger partial charge on any atom is -0.336 e. The molecule has 0 aliphatic carbocycles. The van der Waals surface area contributed by atoms with E-state index in [1.165, 1.54) is 0 Å². The maximum Gasteiger partial charge on any atom is 0.257 e. The molecule has 1 aromatic rings. The van der Waals surface area contributed by atoms with Crippen LogP contribution in [0.15, 0.2) is 0 Å². The van der Waals surface area contributed by atoms with E-state index < -0.39 is 0 Å². The third kappa shape index (κ3) is 2.78. The average molecular weight is 284 g/mol. The van der Waals surface area contributed by atoms with Gasteiger partial charge in [0.05, 0.1) is 11.3 Å². The normalized spacial score (nSPS) is 19.2. The van der Waals surface area contributed by atoms with E-state index in [1.807, 2.05) is 25.8 Å². The quantitative estimate of drug-likeness (QED) is 0.797. The van der Waals surface area contributed by atoms with Crippen molar-refractivity contribution in [2.24, 2.45) is 7.05 Å².